The van der Waals surface area contributed by atoms with Gasteiger partial charge in [0.1, 0.15) is 5.75 Å². The topological polar surface area (TPSA) is 58.8 Å². The standard InChI is InChI=1S/C16H23N3O2/c1-21-14-4-2-3-13(11-14)18-7-9-19(10-8-18)15(20)16(12-17)5-6-16/h2-4,11H,5-10,12,17H2,1H3. The number of nitrogens with two attached hydrogens (primary N) is 1. The van der Waals surface area contributed by atoms with Crippen LogP contribution in [-0.2, 0) is 4.79 Å². The Morgan fingerprint density at radius 2 is 2.00 bits per heavy atom. The molecule has 1 aliphatic heterocycles. The maximum absolute atomic E-state index is 12.5. The van der Waals surface area contributed by atoms with Crippen molar-refractivity contribution in [2.45, 2.75) is 12.8 Å². The number of benzene rings is 1. The van der Waals surface area contributed by atoms with E-state index in [2.05, 4.69) is 11.0 Å². The van der Waals surface area contributed by atoms with Gasteiger partial charge in [-0.05, 0) is 25.0 Å². The Kier molecular flexibility index (Phi) is 3.76. The first kappa shape index (κ1) is 14.2. The molecule has 0 atom stereocenters. The lowest BCUT2D eigenvalue weighted by atomic mass is 10.1. The SMILES string of the molecule is COc1cccc(N2CCN(C(=O)C3(CN)CC3)CC2)c1. The first-order chi connectivity index (χ1) is 10.2. The van der Waals surface area contributed by atoms with Gasteiger partial charge >= 0.3 is 0 Å². The average Bonchev–Trinajstić information content (AvgIpc) is 3.35. The van der Waals surface area contributed by atoms with E-state index in [0.717, 1.165) is 50.5 Å². The first-order valence-corrected chi connectivity index (χ1v) is 7.57. The summed E-state index contributed by atoms with van der Waals surface area (Å²) in [6, 6.07) is 8.07. The molecule has 2 aliphatic rings. The molecule has 2 N–H and O–H groups in total. The summed E-state index contributed by atoms with van der Waals surface area (Å²) in [5.74, 6) is 1.13. The summed E-state index contributed by atoms with van der Waals surface area (Å²) in [5.41, 5.74) is 6.68. The van der Waals surface area contributed by atoms with Crippen LogP contribution in [0.1, 0.15) is 12.8 Å². The fraction of sp³-hybridized carbons (Fsp3) is 0.562. The van der Waals surface area contributed by atoms with Crippen LogP contribution in [-0.4, -0.2) is 50.6 Å². The molecule has 0 unspecified atom stereocenters. The molecular weight excluding hydrogens is 266 g/mol. The van der Waals surface area contributed by atoms with Crippen molar-refractivity contribution in [1.82, 2.24) is 4.90 Å². The lowest BCUT2D eigenvalue weighted by molar-refractivity contribution is -0.136. The highest BCUT2D eigenvalue weighted by Gasteiger charge is 2.50. The van der Waals surface area contributed by atoms with Gasteiger partial charge < -0.3 is 20.3 Å². The number of ether oxygens (including phenoxy) is 1. The molecule has 21 heavy (non-hydrogen) atoms. The van der Waals surface area contributed by atoms with Crippen molar-refractivity contribution < 1.29 is 9.53 Å². The molecule has 1 saturated carbocycles. The molecule has 0 spiro atoms. The highest BCUT2D eigenvalue weighted by atomic mass is 16.5. The lowest BCUT2D eigenvalue weighted by Gasteiger charge is -2.37. The molecule has 0 aromatic heterocycles. The van der Waals surface area contributed by atoms with Gasteiger partial charge in [-0.3, -0.25) is 4.79 Å². The molecule has 1 aromatic carbocycles. The highest BCUT2D eigenvalue weighted by Crippen LogP contribution is 2.46. The van der Waals surface area contributed by atoms with E-state index in [1.807, 2.05) is 23.1 Å². The molecule has 0 bridgehead atoms. The number of hydrogen-bond acceptors (Lipinski definition) is 4. The zero-order chi connectivity index (χ0) is 14.9. The van der Waals surface area contributed by atoms with Gasteiger partial charge in [0.2, 0.25) is 5.91 Å². The van der Waals surface area contributed by atoms with Crippen molar-refractivity contribution in [3.63, 3.8) is 0 Å². The number of anilines is 1. The molecule has 5 heteroatoms. The van der Waals surface area contributed by atoms with Crippen LogP contribution in [0.4, 0.5) is 5.69 Å². The smallest absolute Gasteiger partial charge is 0.230 e. The van der Waals surface area contributed by atoms with E-state index in [0.29, 0.717) is 6.54 Å². The molecule has 2 fully saturated rings. The first-order valence-electron chi connectivity index (χ1n) is 7.57. The van der Waals surface area contributed by atoms with Crippen molar-refractivity contribution in [2.75, 3.05) is 44.7 Å². The molecular formula is C16H23N3O2. The third kappa shape index (κ3) is 2.70. The van der Waals surface area contributed by atoms with Gasteiger partial charge in [0, 0.05) is 44.5 Å². The molecule has 1 aliphatic carbocycles. The Balaban J connectivity index is 1.61. The minimum absolute atomic E-state index is 0.224. The second-order valence-corrected chi connectivity index (χ2v) is 5.97. The molecule has 5 nitrogen and oxygen atoms in total. The molecule has 1 aromatic rings. The minimum Gasteiger partial charge on any atom is -0.497 e. The Hall–Kier alpha value is -1.75. The van der Waals surface area contributed by atoms with Crippen LogP contribution in [0.15, 0.2) is 24.3 Å². The van der Waals surface area contributed by atoms with Crippen molar-refractivity contribution in [2.24, 2.45) is 11.1 Å². The Bertz CT molecular complexity index is 520. The van der Waals surface area contributed by atoms with Crippen molar-refractivity contribution in [3.8, 4) is 5.75 Å². The van der Waals surface area contributed by atoms with Gasteiger partial charge in [-0.2, -0.15) is 0 Å². The van der Waals surface area contributed by atoms with Gasteiger partial charge in [0.15, 0.2) is 0 Å². The number of piperazine rings is 1. The van der Waals surface area contributed by atoms with Crippen LogP contribution in [0.25, 0.3) is 0 Å². The highest BCUT2D eigenvalue weighted by molar-refractivity contribution is 5.86. The van der Waals surface area contributed by atoms with E-state index in [-0.39, 0.29) is 11.3 Å². The third-order valence-electron chi connectivity index (χ3n) is 4.68. The number of carbonyl (C=O) groups is 1. The fourth-order valence-electron chi connectivity index (χ4n) is 2.97. The number of hydrogen-bond donors (Lipinski definition) is 1. The summed E-state index contributed by atoms with van der Waals surface area (Å²) < 4.78 is 5.27. The second kappa shape index (κ2) is 5.56. The average molecular weight is 289 g/mol. The zero-order valence-corrected chi connectivity index (χ0v) is 12.5. The summed E-state index contributed by atoms with van der Waals surface area (Å²) in [5, 5.41) is 0. The fourth-order valence-corrected chi connectivity index (χ4v) is 2.97. The van der Waals surface area contributed by atoms with Crippen LogP contribution in [0, 0.1) is 5.41 Å². The largest absolute Gasteiger partial charge is 0.497 e. The molecule has 1 amide bonds. The van der Waals surface area contributed by atoms with E-state index in [9.17, 15) is 4.79 Å². The van der Waals surface area contributed by atoms with Crippen molar-refractivity contribution in [3.05, 3.63) is 24.3 Å². The van der Waals surface area contributed by atoms with Gasteiger partial charge in [-0.1, -0.05) is 6.07 Å². The van der Waals surface area contributed by atoms with Crippen molar-refractivity contribution >= 4 is 11.6 Å². The summed E-state index contributed by atoms with van der Waals surface area (Å²) in [6.07, 6.45) is 1.91. The predicted octanol–water partition coefficient (Wildman–Crippen LogP) is 1.08. The number of rotatable bonds is 4. The van der Waals surface area contributed by atoms with E-state index >= 15 is 0 Å². The maximum atomic E-state index is 12.5. The normalized spacial score (nSPS) is 20.3. The molecule has 1 heterocycles. The van der Waals surface area contributed by atoms with Crippen LogP contribution < -0.4 is 15.4 Å². The van der Waals surface area contributed by atoms with Gasteiger partial charge in [0.25, 0.3) is 0 Å². The van der Waals surface area contributed by atoms with E-state index in [1.165, 1.54) is 0 Å². The van der Waals surface area contributed by atoms with Crippen LogP contribution >= 0.6 is 0 Å². The van der Waals surface area contributed by atoms with Crippen molar-refractivity contribution in [1.29, 1.82) is 0 Å². The van der Waals surface area contributed by atoms with E-state index in [4.69, 9.17) is 10.5 Å². The summed E-state index contributed by atoms with van der Waals surface area (Å²) in [7, 11) is 1.68. The minimum atomic E-state index is -0.224. The van der Waals surface area contributed by atoms with Crippen LogP contribution in [0.2, 0.25) is 0 Å². The third-order valence-corrected chi connectivity index (χ3v) is 4.68. The number of methoxy groups -OCH3 is 1. The Morgan fingerprint density at radius 1 is 1.29 bits per heavy atom. The molecule has 3 rings (SSSR count). The van der Waals surface area contributed by atoms with E-state index in [1.54, 1.807) is 7.11 Å². The summed E-state index contributed by atoms with van der Waals surface area (Å²) >= 11 is 0. The molecule has 0 radical (unpaired) electrons. The predicted molar refractivity (Wildman–Crippen MR) is 82.5 cm³/mol. The number of amides is 1. The molecule has 114 valence electrons. The van der Waals surface area contributed by atoms with Gasteiger partial charge in [0.05, 0.1) is 12.5 Å². The number of nitrogens with zero attached hydrogens (tertiary/aromatic N) is 2. The maximum Gasteiger partial charge on any atom is 0.230 e. The Labute approximate surface area is 125 Å². The zero-order valence-electron chi connectivity index (χ0n) is 12.5. The van der Waals surface area contributed by atoms with Gasteiger partial charge in [-0.15, -0.1) is 0 Å². The van der Waals surface area contributed by atoms with Crippen LogP contribution in [0.5, 0.6) is 5.75 Å². The monoisotopic (exact) mass is 289 g/mol. The molecule has 1 saturated heterocycles. The lowest BCUT2D eigenvalue weighted by Crippen LogP contribution is -2.51. The summed E-state index contributed by atoms with van der Waals surface area (Å²) in [4.78, 5) is 16.7. The quantitative estimate of drug-likeness (QED) is 0.901. The summed E-state index contributed by atoms with van der Waals surface area (Å²) in [6.45, 7) is 3.76. The number of carbonyl (C=O) groups excluding carboxylic acids is 1. The van der Waals surface area contributed by atoms with Gasteiger partial charge in [-0.25, -0.2) is 0 Å². The Morgan fingerprint density at radius 3 is 2.57 bits per heavy atom. The van der Waals surface area contributed by atoms with Crippen LogP contribution in [0.3, 0.4) is 0 Å². The second-order valence-electron chi connectivity index (χ2n) is 5.97. The van der Waals surface area contributed by atoms with E-state index < -0.39 is 0 Å².